The predicted molar refractivity (Wildman–Crippen MR) is 122 cm³/mol. The summed E-state index contributed by atoms with van der Waals surface area (Å²) in [5, 5.41) is 1.05. The van der Waals surface area contributed by atoms with Crippen LogP contribution < -0.4 is 4.31 Å². The predicted octanol–water partition coefficient (Wildman–Crippen LogP) is 3.78. The van der Waals surface area contributed by atoms with Gasteiger partial charge in [0.15, 0.2) is 0 Å². The number of thiazole rings is 1. The van der Waals surface area contributed by atoms with E-state index in [-0.39, 0.29) is 18.4 Å². The average molecular weight is 444 g/mol. The van der Waals surface area contributed by atoms with Gasteiger partial charge in [-0.1, -0.05) is 30.3 Å². The van der Waals surface area contributed by atoms with Crippen LogP contribution in [0.5, 0.6) is 0 Å². The Balaban J connectivity index is 1.52. The Labute approximate surface area is 181 Å². The Morgan fingerprint density at radius 1 is 1.20 bits per heavy atom. The minimum atomic E-state index is -3.58. The summed E-state index contributed by atoms with van der Waals surface area (Å²) in [5.41, 5.74) is 2.36. The third kappa shape index (κ3) is 4.34. The summed E-state index contributed by atoms with van der Waals surface area (Å²) < 4.78 is 27.2. The highest BCUT2D eigenvalue weighted by Gasteiger charge is 2.30. The minimum absolute atomic E-state index is 0.172. The lowest BCUT2D eigenvalue weighted by molar-refractivity contribution is -0.130. The van der Waals surface area contributed by atoms with Crippen LogP contribution in [0.2, 0.25) is 0 Å². The summed E-state index contributed by atoms with van der Waals surface area (Å²) >= 11 is 1.68. The molecule has 2 aromatic carbocycles. The number of fused-ring (bicyclic) bond motifs is 1. The number of amides is 1. The number of hydrogen-bond acceptors (Lipinski definition) is 5. The van der Waals surface area contributed by atoms with Crippen LogP contribution in [-0.2, 0) is 14.8 Å². The highest BCUT2D eigenvalue weighted by molar-refractivity contribution is 7.92. The Morgan fingerprint density at radius 3 is 2.67 bits per heavy atom. The SMILES string of the molecule is Cc1ccccc1N(CC(=O)N1CCC[C@@H](c2nc3ccccc3s2)C1)S(C)(=O)=O. The van der Waals surface area contributed by atoms with Crippen molar-refractivity contribution in [3.63, 3.8) is 0 Å². The molecule has 0 aliphatic carbocycles. The zero-order valence-corrected chi connectivity index (χ0v) is 18.7. The van der Waals surface area contributed by atoms with Gasteiger partial charge in [0.25, 0.3) is 0 Å². The molecular weight excluding hydrogens is 418 g/mol. The fourth-order valence-electron chi connectivity index (χ4n) is 3.92. The molecule has 1 amide bonds. The van der Waals surface area contributed by atoms with Crippen LogP contribution in [0, 0.1) is 6.92 Å². The largest absolute Gasteiger partial charge is 0.340 e. The third-order valence-electron chi connectivity index (χ3n) is 5.50. The highest BCUT2D eigenvalue weighted by atomic mass is 32.2. The molecule has 1 saturated heterocycles. The van der Waals surface area contributed by atoms with E-state index in [4.69, 9.17) is 4.98 Å². The van der Waals surface area contributed by atoms with E-state index in [2.05, 4.69) is 6.07 Å². The van der Waals surface area contributed by atoms with Gasteiger partial charge in [0.05, 0.1) is 27.2 Å². The van der Waals surface area contributed by atoms with Crippen molar-refractivity contribution in [2.45, 2.75) is 25.7 Å². The molecule has 6 nitrogen and oxygen atoms in total. The molecule has 0 saturated carbocycles. The fraction of sp³-hybridized carbons (Fsp3) is 0.364. The van der Waals surface area contributed by atoms with Gasteiger partial charge >= 0.3 is 0 Å². The van der Waals surface area contributed by atoms with Crippen molar-refractivity contribution < 1.29 is 13.2 Å². The van der Waals surface area contributed by atoms with Crippen LogP contribution in [0.25, 0.3) is 10.2 Å². The van der Waals surface area contributed by atoms with Crippen molar-refractivity contribution >= 4 is 43.2 Å². The van der Waals surface area contributed by atoms with Gasteiger partial charge in [-0.05, 0) is 43.5 Å². The first-order valence-electron chi connectivity index (χ1n) is 9.99. The molecule has 8 heteroatoms. The van der Waals surface area contributed by atoms with Crippen LogP contribution in [0.15, 0.2) is 48.5 Å². The number of carbonyl (C=O) groups is 1. The maximum absolute atomic E-state index is 13.1. The Bertz CT molecular complexity index is 1140. The van der Waals surface area contributed by atoms with Crippen molar-refractivity contribution in [1.29, 1.82) is 0 Å². The van der Waals surface area contributed by atoms with Gasteiger partial charge in [0.1, 0.15) is 6.54 Å². The number of piperidine rings is 1. The Morgan fingerprint density at radius 2 is 1.93 bits per heavy atom. The lowest BCUT2D eigenvalue weighted by atomic mass is 9.98. The molecule has 0 N–H and O–H groups in total. The van der Waals surface area contributed by atoms with E-state index in [9.17, 15) is 13.2 Å². The van der Waals surface area contributed by atoms with E-state index in [1.54, 1.807) is 28.4 Å². The summed E-state index contributed by atoms with van der Waals surface area (Å²) in [6.07, 6.45) is 3.01. The molecule has 30 heavy (non-hydrogen) atoms. The summed E-state index contributed by atoms with van der Waals surface area (Å²) in [6, 6.07) is 15.3. The molecule has 0 radical (unpaired) electrons. The number of nitrogens with zero attached hydrogens (tertiary/aromatic N) is 3. The first kappa shape index (κ1) is 20.8. The number of aryl methyl sites for hydroxylation is 1. The zero-order chi connectivity index (χ0) is 21.3. The van der Waals surface area contributed by atoms with Crippen LogP contribution in [0.3, 0.4) is 0 Å². The molecule has 1 fully saturated rings. The van der Waals surface area contributed by atoms with Gasteiger partial charge in [0, 0.05) is 19.0 Å². The number of rotatable bonds is 5. The van der Waals surface area contributed by atoms with Crippen molar-refractivity contribution in [3.05, 3.63) is 59.1 Å². The summed E-state index contributed by atoms with van der Waals surface area (Å²) in [6.45, 7) is 2.88. The monoisotopic (exact) mass is 443 g/mol. The molecule has 0 unspecified atom stereocenters. The number of aromatic nitrogens is 1. The van der Waals surface area contributed by atoms with E-state index >= 15 is 0 Å². The normalized spacial score (nSPS) is 17.3. The smallest absolute Gasteiger partial charge is 0.243 e. The Kier molecular flexibility index (Phi) is 5.79. The second kappa shape index (κ2) is 8.35. The first-order valence-corrected chi connectivity index (χ1v) is 12.7. The quantitative estimate of drug-likeness (QED) is 0.602. The van der Waals surface area contributed by atoms with Crippen LogP contribution >= 0.6 is 11.3 Å². The minimum Gasteiger partial charge on any atom is -0.340 e. The molecule has 158 valence electrons. The fourth-order valence-corrected chi connectivity index (χ4v) is 5.92. The summed E-state index contributed by atoms with van der Waals surface area (Å²) in [5.74, 6) is 0.0136. The second-order valence-corrected chi connectivity index (χ2v) is 10.7. The Hall–Kier alpha value is -2.45. The molecule has 1 aromatic heterocycles. The molecular formula is C22H25N3O3S2. The number of carbonyl (C=O) groups excluding carboxylic acids is 1. The van der Waals surface area contributed by atoms with Gasteiger partial charge in [-0.25, -0.2) is 13.4 Å². The number of sulfonamides is 1. The third-order valence-corrected chi connectivity index (χ3v) is 7.82. The van der Waals surface area contributed by atoms with E-state index < -0.39 is 10.0 Å². The molecule has 1 aliphatic heterocycles. The number of para-hydroxylation sites is 2. The van der Waals surface area contributed by atoms with Gasteiger partial charge in [0.2, 0.25) is 15.9 Å². The van der Waals surface area contributed by atoms with Crippen molar-refractivity contribution in [2.75, 3.05) is 30.2 Å². The molecule has 4 rings (SSSR count). The molecule has 1 aliphatic rings. The van der Waals surface area contributed by atoms with Gasteiger partial charge in [-0.15, -0.1) is 11.3 Å². The summed E-state index contributed by atoms with van der Waals surface area (Å²) in [4.78, 5) is 19.6. The maximum Gasteiger partial charge on any atom is 0.243 e. The van der Waals surface area contributed by atoms with E-state index in [0.717, 1.165) is 39.9 Å². The molecule has 0 spiro atoms. The number of likely N-dealkylation sites (tertiary alicyclic amines) is 1. The topological polar surface area (TPSA) is 70.6 Å². The summed E-state index contributed by atoms with van der Waals surface area (Å²) in [7, 11) is -3.58. The van der Waals surface area contributed by atoms with Crippen molar-refractivity contribution in [1.82, 2.24) is 9.88 Å². The number of benzene rings is 2. The van der Waals surface area contributed by atoms with Crippen LogP contribution in [-0.4, -0.2) is 50.1 Å². The van der Waals surface area contributed by atoms with Crippen LogP contribution in [0.4, 0.5) is 5.69 Å². The lowest BCUT2D eigenvalue weighted by Crippen LogP contribution is -2.46. The van der Waals surface area contributed by atoms with E-state index in [1.165, 1.54) is 4.31 Å². The van der Waals surface area contributed by atoms with Crippen molar-refractivity contribution in [2.24, 2.45) is 0 Å². The molecule has 3 aromatic rings. The molecule has 1 atom stereocenters. The second-order valence-electron chi connectivity index (χ2n) is 7.75. The van der Waals surface area contributed by atoms with Gasteiger partial charge in [-0.3, -0.25) is 9.10 Å². The lowest BCUT2D eigenvalue weighted by Gasteiger charge is -2.33. The standard InChI is InChI=1S/C22H25N3O3S2/c1-16-8-3-5-11-19(16)25(30(2,27)28)15-21(26)24-13-7-9-17(14-24)22-23-18-10-4-6-12-20(18)29-22/h3-6,8,10-12,17H,7,9,13-15H2,1-2H3/t17-/m1/s1. The van der Waals surface area contributed by atoms with Gasteiger partial charge < -0.3 is 4.90 Å². The van der Waals surface area contributed by atoms with Crippen LogP contribution in [0.1, 0.15) is 29.3 Å². The first-order chi connectivity index (χ1) is 14.3. The van der Waals surface area contributed by atoms with Crippen molar-refractivity contribution in [3.8, 4) is 0 Å². The maximum atomic E-state index is 13.1. The number of hydrogen-bond donors (Lipinski definition) is 0. The van der Waals surface area contributed by atoms with E-state index in [0.29, 0.717) is 18.8 Å². The average Bonchev–Trinajstić information content (AvgIpc) is 3.16. The van der Waals surface area contributed by atoms with E-state index in [1.807, 2.05) is 37.3 Å². The molecule has 2 heterocycles. The highest BCUT2D eigenvalue weighted by Crippen LogP contribution is 2.33. The molecule has 0 bridgehead atoms. The number of anilines is 1. The zero-order valence-electron chi connectivity index (χ0n) is 17.1. The van der Waals surface area contributed by atoms with Gasteiger partial charge in [-0.2, -0.15) is 0 Å².